The summed E-state index contributed by atoms with van der Waals surface area (Å²) in [6.07, 6.45) is 0.844. The van der Waals surface area contributed by atoms with Crippen LogP contribution in [0.2, 0.25) is 0 Å². The molecule has 1 aromatic carbocycles. The van der Waals surface area contributed by atoms with E-state index < -0.39 is 0 Å². The Kier molecular flexibility index (Phi) is 4.23. The van der Waals surface area contributed by atoms with Gasteiger partial charge in [-0.15, -0.1) is 0 Å². The quantitative estimate of drug-likeness (QED) is 0.775. The van der Waals surface area contributed by atoms with Crippen LogP contribution in [-0.4, -0.2) is 30.7 Å². The Bertz CT molecular complexity index is 397. The molecular weight excluding hydrogens is 202 g/mol. The molecule has 0 aliphatic carbocycles. The molecule has 3 heteroatoms. The summed E-state index contributed by atoms with van der Waals surface area (Å²) in [6, 6.07) is 7.27. The predicted molar refractivity (Wildman–Crippen MR) is 63.5 cm³/mol. The van der Waals surface area contributed by atoms with Crippen molar-refractivity contribution in [2.45, 2.75) is 19.8 Å². The number of rotatable bonds is 4. The molecule has 0 bridgehead atoms. The smallest absolute Gasteiger partial charge is 0.253 e. The highest BCUT2D eigenvalue weighted by Gasteiger charge is 2.13. The normalized spacial score (nSPS) is 9.94. The third-order valence-electron chi connectivity index (χ3n) is 2.44. The summed E-state index contributed by atoms with van der Waals surface area (Å²) >= 11 is 0. The van der Waals surface area contributed by atoms with E-state index in [1.807, 2.05) is 25.1 Å². The molecule has 0 aliphatic rings. The number of nitrogens with zero attached hydrogens (tertiary/aromatic N) is 1. The summed E-state index contributed by atoms with van der Waals surface area (Å²) in [5.41, 5.74) is 1.43. The minimum absolute atomic E-state index is 0.0560. The SMILES string of the molecule is CCC(=O)Cc1ccccc1C(=O)N(C)C. The van der Waals surface area contributed by atoms with Crippen molar-refractivity contribution in [2.24, 2.45) is 0 Å². The van der Waals surface area contributed by atoms with Crippen LogP contribution >= 0.6 is 0 Å². The zero-order chi connectivity index (χ0) is 12.1. The molecule has 0 N–H and O–H groups in total. The first-order valence-electron chi connectivity index (χ1n) is 5.37. The average Bonchev–Trinajstić information content (AvgIpc) is 2.28. The van der Waals surface area contributed by atoms with Crippen LogP contribution in [0.3, 0.4) is 0 Å². The first-order chi connectivity index (χ1) is 7.56. The Hall–Kier alpha value is -1.64. The van der Waals surface area contributed by atoms with Crippen LogP contribution in [-0.2, 0) is 11.2 Å². The molecule has 0 aliphatic heterocycles. The van der Waals surface area contributed by atoms with E-state index in [0.717, 1.165) is 5.56 Å². The molecular formula is C13H17NO2. The van der Waals surface area contributed by atoms with Gasteiger partial charge in [-0.25, -0.2) is 0 Å². The molecule has 1 amide bonds. The Labute approximate surface area is 96.1 Å². The third-order valence-corrected chi connectivity index (χ3v) is 2.44. The van der Waals surface area contributed by atoms with E-state index in [1.54, 1.807) is 20.2 Å². The van der Waals surface area contributed by atoms with E-state index in [2.05, 4.69) is 0 Å². The van der Waals surface area contributed by atoms with Gasteiger partial charge in [0.05, 0.1) is 0 Å². The fourth-order valence-corrected chi connectivity index (χ4v) is 1.46. The summed E-state index contributed by atoms with van der Waals surface area (Å²) < 4.78 is 0. The number of carbonyl (C=O) groups is 2. The van der Waals surface area contributed by atoms with E-state index in [4.69, 9.17) is 0 Å². The average molecular weight is 219 g/mol. The first-order valence-corrected chi connectivity index (χ1v) is 5.37. The summed E-state index contributed by atoms with van der Waals surface area (Å²) in [4.78, 5) is 24.8. The van der Waals surface area contributed by atoms with Gasteiger partial charge in [0.2, 0.25) is 0 Å². The Morgan fingerprint density at radius 2 is 1.81 bits per heavy atom. The molecule has 1 aromatic rings. The zero-order valence-electron chi connectivity index (χ0n) is 9.99. The van der Waals surface area contributed by atoms with Gasteiger partial charge in [0.25, 0.3) is 5.91 Å². The van der Waals surface area contributed by atoms with Crippen LogP contribution in [0.15, 0.2) is 24.3 Å². The maximum atomic E-state index is 11.8. The van der Waals surface area contributed by atoms with Gasteiger partial charge < -0.3 is 4.90 Å². The van der Waals surface area contributed by atoms with Gasteiger partial charge in [-0.05, 0) is 11.6 Å². The van der Waals surface area contributed by atoms with E-state index in [0.29, 0.717) is 18.4 Å². The van der Waals surface area contributed by atoms with Crippen molar-refractivity contribution in [3.05, 3.63) is 35.4 Å². The van der Waals surface area contributed by atoms with Gasteiger partial charge in [0.1, 0.15) is 5.78 Å². The molecule has 1 rings (SSSR count). The molecule has 16 heavy (non-hydrogen) atoms. The van der Waals surface area contributed by atoms with Crippen molar-refractivity contribution >= 4 is 11.7 Å². The van der Waals surface area contributed by atoms with Gasteiger partial charge in [0.15, 0.2) is 0 Å². The topological polar surface area (TPSA) is 37.4 Å². The number of ketones is 1. The van der Waals surface area contributed by atoms with Crippen molar-refractivity contribution in [3.63, 3.8) is 0 Å². The second kappa shape index (κ2) is 5.45. The molecule has 3 nitrogen and oxygen atoms in total. The lowest BCUT2D eigenvalue weighted by molar-refractivity contribution is -0.118. The summed E-state index contributed by atoms with van der Waals surface area (Å²) in [6.45, 7) is 1.83. The van der Waals surface area contributed by atoms with Gasteiger partial charge in [-0.3, -0.25) is 9.59 Å². The fraction of sp³-hybridized carbons (Fsp3) is 0.385. The number of Topliss-reactive ketones (excluding diaryl/α,β-unsaturated/α-hetero) is 1. The maximum Gasteiger partial charge on any atom is 0.253 e. The highest BCUT2D eigenvalue weighted by molar-refractivity contribution is 5.96. The zero-order valence-corrected chi connectivity index (χ0v) is 9.99. The second-order valence-corrected chi connectivity index (χ2v) is 3.93. The van der Waals surface area contributed by atoms with Crippen molar-refractivity contribution in [2.75, 3.05) is 14.1 Å². The number of benzene rings is 1. The molecule has 0 radical (unpaired) electrons. The molecule has 0 heterocycles. The number of hydrogen-bond donors (Lipinski definition) is 0. The van der Waals surface area contributed by atoms with Crippen LogP contribution in [0.5, 0.6) is 0 Å². The van der Waals surface area contributed by atoms with Crippen molar-refractivity contribution < 1.29 is 9.59 Å². The van der Waals surface area contributed by atoms with Crippen LogP contribution < -0.4 is 0 Å². The van der Waals surface area contributed by atoms with Crippen molar-refractivity contribution in [1.82, 2.24) is 4.90 Å². The molecule has 0 unspecified atom stereocenters. The van der Waals surface area contributed by atoms with Gasteiger partial charge in [0, 0.05) is 32.5 Å². The number of amides is 1. The lowest BCUT2D eigenvalue weighted by atomic mass is 10.0. The molecule has 0 saturated carbocycles. The molecule has 0 fully saturated rings. The molecule has 0 saturated heterocycles. The van der Waals surface area contributed by atoms with Crippen molar-refractivity contribution in [3.8, 4) is 0 Å². The molecule has 0 spiro atoms. The number of hydrogen-bond acceptors (Lipinski definition) is 2. The van der Waals surface area contributed by atoms with Crippen LogP contribution in [0.4, 0.5) is 0 Å². The van der Waals surface area contributed by atoms with E-state index >= 15 is 0 Å². The second-order valence-electron chi connectivity index (χ2n) is 3.93. The fourth-order valence-electron chi connectivity index (χ4n) is 1.46. The minimum Gasteiger partial charge on any atom is -0.345 e. The van der Waals surface area contributed by atoms with Gasteiger partial charge in [-0.1, -0.05) is 25.1 Å². The summed E-state index contributed by atoms with van der Waals surface area (Å²) in [5.74, 6) is 0.0958. The maximum absolute atomic E-state index is 11.8. The van der Waals surface area contributed by atoms with Crippen LogP contribution in [0.25, 0.3) is 0 Å². The summed E-state index contributed by atoms with van der Waals surface area (Å²) in [7, 11) is 3.42. The standard InChI is InChI=1S/C13H17NO2/c1-4-11(15)9-10-7-5-6-8-12(10)13(16)14(2)3/h5-8H,4,9H2,1-3H3. The molecule has 0 aromatic heterocycles. The highest BCUT2D eigenvalue weighted by atomic mass is 16.2. The Balaban J connectivity index is 3.00. The lowest BCUT2D eigenvalue weighted by Gasteiger charge is -2.13. The highest BCUT2D eigenvalue weighted by Crippen LogP contribution is 2.12. The lowest BCUT2D eigenvalue weighted by Crippen LogP contribution is -2.23. The monoisotopic (exact) mass is 219 g/mol. The molecule has 86 valence electrons. The van der Waals surface area contributed by atoms with E-state index in [9.17, 15) is 9.59 Å². The van der Waals surface area contributed by atoms with Crippen LogP contribution in [0, 0.1) is 0 Å². The third kappa shape index (κ3) is 2.92. The van der Waals surface area contributed by atoms with E-state index in [-0.39, 0.29) is 11.7 Å². The largest absolute Gasteiger partial charge is 0.345 e. The number of carbonyl (C=O) groups excluding carboxylic acids is 2. The predicted octanol–water partition coefficient (Wildman–Crippen LogP) is 1.91. The van der Waals surface area contributed by atoms with Crippen molar-refractivity contribution in [1.29, 1.82) is 0 Å². The van der Waals surface area contributed by atoms with Gasteiger partial charge in [-0.2, -0.15) is 0 Å². The van der Waals surface area contributed by atoms with Gasteiger partial charge >= 0.3 is 0 Å². The van der Waals surface area contributed by atoms with E-state index in [1.165, 1.54) is 4.90 Å². The van der Waals surface area contributed by atoms with Crippen LogP contribution in [0.1, 0.15) is 29.3 Å². The first kappa shape index (κ1) is 12.4. The summed E-state index contributed by atoms with van der Waals surface area (Å²) in [5, 5.41) is 0. The molecule has 0 atom stereocenters. The Morgan fingerprint density at radius 1 is 1.19 bits per heavy atom. The minimum atomic E-state index is -0.0560. The Morgan fingerprint density at radius 3 is 2.38 bits per heavy atom.